The highest BCUT2D eigenvalue weighted by Crippen LogP contribution is 2.39. The summed E-state index contributed by atoms with van der Waals surface area (Å²) in [5.74, 6) is -1.14. The Hall–Kier alpha value is -1.52. The molecule has 32 heavy (non-hydrogen) atoms. The largest absolute Gasteiger partial charge is 0.462 e. The molecule has 3 rings (SSSR count). The summed E-state index contributed by atoms with van der Waals surface area (Å²) in [5.41, 5.74) is 1.26. The van der Waals surface area contributed by atoms with Crippen LogP contribution in [0.15, 0.2) is 12.1 Å². The monoisotopic (exact) mass is 538 g/mol. The Kier molecular flexibility index (Phi) is 7.98. The van der Waals surface area contributed by atoms with Crippen LogP contribution in [0.5, 0.6) is 0 Å². The number of carbonyl (C=O) groups is 2. The molecule has 7 nitrogen and oxygen atoms in total. The maximum Gasteiger partial charge on any atom is 0.341 e. The Bertz CT molecular complexity index is 1160. The number of fused-ring (bicyclic) bond motifs is 1. The molecule has 0 fully saturated rings. The molecular formula is C20H21Cl3N2O5S2. The fourth-order valence-corrected chi connectivity index (χ4v) is 6.30. The van der Waals surface area contributed by atoms with Gasteiger partial charge in [-0.25, -0.2) is 13.2 Å². The lowest BCUT2D eigenvalue weighted by molar-refractivity contribution is -0.114. The molecule has 1 aromatic heterocycles. The topological polar surface area (TPSA) is 92.8 Å². The standard InChI is InChI=1S/C20H21Cl3N2O5S2/c1-3-30-20(27)18-11-6-4-5-7-16(11)31-19(18)24-17(26)10-25(32(2,28)29)15-9-13(22)12(21)8-14(15)23/h8-9H,3-7,10H2,1-2H3,(H,24,26). The first-order valence-corrected chi connectivity index (χ1v) is 13.6. The number of sulfonamides is 1. The van der Waals surface area contributed by atoms with Gasteiger partial charge in [-0.1, -0.05) is 34.8 Å². The van der Waals surface area contributed by atoms with Crippen molar-refractivity contribution in [2.45, 2.75) is 32.6 Å². The van der Waals surface area contributed by atoms with E-state index in [4.69, 9.17) is 39.5 Å². The summed E-state index contributed by atoms with van der Waals surface area (Å²) < 4.78 is 30.9. The smallest absolute Gasteiger partial charge is 0.341 e. The number of anilines is 2. The molecule has 1 amide bonds. The molecular weight excluding hydrogens is 519 g/mol. The molecule has 0 spiro atoms. The number of halogens is 3. The summed E-state index contributed by atoms with van der Waals surface area (Å²) in [7, 11) is -3.90. The van der Waals surface area contributed by atoms with Crippen molar-refractivity contribution in [2.24, 2.45) is 0 Å². The third kappa shape index (κ3) is 5.51. The number of carbonyl (C=O) groups excluding carboxylic acids is 2. The zero-order valence-corrected chi connectivity index (χ0v) is 21.2. The van der Waals surface area contributed by atoms with Gasteiger partial charge in [0, 0.05) is 4.88 Å². The van der Waals surface area contributed by atoms with E-state index in [1.54, 1.807) is 6.92 Å². The van der Waals surface area contributed by atoms with Crippen molar-refractivity contribution >= 4 is 78.7 Å². The molecule has 1 heterocycles. The van der Waals surface area contributed by atoms with Gasteiger partial charge in [0.05, 0.1) is 39.2 Å². The van der Waals surface area contributed by atoms with Gasteiger partial charge in [0.1, 0.15) is 11.5 Å². The molecule has 0 saturated carbocycles. The predicted octanol–water partition coefficient (Wildman–Crippen LogP) is 5.17. The third-order valence-electron chi connectivity index (χ3n) is 4.85. The fourth-order valence-electron chi connectivity index (χ4n) is 3.45. The van der Waals surface area contributed by atoms with Crippen LogP contribution in [0.25, 0.3) is 0 Å². The number of benzene rings is 1. The molecule has 1 N–H and O–H groups in total. The van der Waals surface area contributed by atoms with Gasteiger partial charge in [-0.3, -0.25) is 9.10 Å². The Labute approximate surface area is 205 Å². The highest BCUT2D eigenvalue weighted by Gasteiger charge is 2.29. The molecule has 0 unspecified atom stereocenters. The summed E-state index contributed by atoms with van der Waals surface area (Å²) in [6.45, 7) is 1.34. The maximum atomic E-state index is 12.9. The molecule has 0 bridgehead atoms. The molecule has 12 heteroatoms. The molecule has 0 radical (unpaired) electrons. The van der Waals surface area contributed by atoms with Crippen LogP contribution >= 0.6 is 46.1 Å². The van der Waals surface area contributed by atoms with E-state index < -0.39 is 28.4 Å². The van der Waals surface area contributed by atoms with Gasteiger partial charge >= 0.3 is 5.97 Å². The molecule has 1 aliphatic rings. The van der Waals surface area contributed by atoms with Crippen molar-refractivity contribution in [3.63, 3.8) is 0 Å². The van der Waals surface area contributed by atoms with Crippen LogP contribution in [0.2, 0.25) is 15.1 Å². The number of rotatable bonds is 7. The highest BCUT2D eigenvalue weighted by atomic mass is 35.5. The van der Waals surface area contributed by atoms with Crippen LogP contribution in [0.1, 0.15) is 40.6 Å². The van der Waals surface area contributed by atoms with Crippen molar-refractivity contribution in [3.05, 3.63) is 43.2 Å². The lowest BCUT2D eigenvalue weighted by atomic mass is 9.95. The minimum Gasteiger partial charge on any atom is -0.462 e. The van der Waals surface area contributed by atoms with Gasteiger partial charge < -0.3 is 10.1 Å². The number of esters is 1. The van der Waals surface area contributed by atoms with Crippen molar-refractivity contribution in [1.29, 1.82) is 0 Å². The van der Waals surface area contributed by atoms with E-state index in [1.807, 2.05) is 0 Å². The number of nitrogens with zero attached hydrogens (tertiary/aromatic N) is 1. The Morgan fingerprint density at radius 3 is 2.44 bits per heavy atom. The van der Waals surface area contributed by atoms with Crippen LogP contribution < -0.4 is 9.62 Å². The number of hydrogen-bond donors (Lipinski definition) is 1. The molecule has 2 aromatic rings. The Morgan fingerprint density at radius 1 is 1.12 bits per heavy atom. The number of thiophene rings is 1. The van der Waals surface area contributed by atoms with E-state index in [2.05, 4.69) is 5.32 Å². The zero-order valence-electron chi connectivity index (χ0n) is 17.3. The molecule has 1 aliphatic carbocycles. The van der Waals surface area contributed by atoms with Crippen LogP contribution in [-0.2, 0) is 32.4 Å². The number of hydrogen-bond acceptors (Lipinski definition) is 6. The summed E-state index contributed by atoms with van der Waals surface area (Å²) >= 11 is 19.5. The Morgan fingerprint density at radius 2 is 1.78 bits per heavy atom. The quantitative estimate of drug-likeness (QED) is 0.387. The SMILES string of the molecule is CCOC(=O)c1c(NC(=O)CN(c2cc(Cl)c(Cl)cc2Cl)S(C)(=O)=O)sc2c1CCCC2. The van der Waals surface area contributed by atoms with Crippen molar-refractivity contribution < 1.29 is 22.7 Å². The molecule has 0 atom stereocenters. The zero-order chi connectivity index (χ0) is 23.6. The number of nitrogens with one attached hydrogen (secondary N) is 1. The molecule has 174 valence electrons. The molecule has 0 saturated heterocycles. The third-order valence-corrected chi connectivity index (χ3v) is 8.21. The van der Waals surface area contributed by atoms with Gasteiger partial charge in [0.25, 0.3) is 0 Å². The summed E-state index contributed by atoms with van der Waals surface area (Å²) in [4.78, 5) is 26.5. The average molecular weight is 540 g/mol. The summed E-state index contributed by atoms with van der Waals surface area (Å²) in [5, 5.41) is 3.32. The van der Waals surface area contributed by atoms with Gasteiger partial charge in [0.2, 0.25) is 15.9 Å². The van der Waals surface area contributed by atoms with Gasteiger partial charge in [-0.2, -0.15) is 0 Å². The van der Waals surface area contributed by atoms with Crippen molar-refractivity contribution in [3.8, 4) is 0 Å². The number of aryl methyl sites for hydroxylation is 1. The first-order chi connectivity index (χ1) is 15.0. The van der Waals surface area contributed by atoms with Gasteiger partial charge in [-0.05, 0) is 50.3 Å². The molecule has 1 aromatic carbocycles. The van der Waals surface area contributed by atoms with Crippen LogP contribution in [0.4, 0.5) is 10.7 Å². The second kappa shape index (κ2) is 10.2. The van der Waals surface area contributed by atoms with E-state index >= 15 is 0 Å². The van der Waals surface area contributed by atoms with Crippen LogP contribution in [0.3, 0.4) is 0 Å². The number of ether oxygens (including phenoxy) is 1. The van der Waals surface area contributed by atoms with Crippen molar-refractivity contribution in [2.75, 3.05) is 29.0 Å². The highest BCUT2D eigenvalue weighted by molar-refractivity contribution is 7.92. The van der Waals surface area contributed by atoms with Crippen LogP contribution in [-0.4, -0.2) is 39.7 Å². The summed E-state index contributed by atoms with van der Waals surface area (Å²) in [6.07, 6.45) is 4.44. The summed E-state index contributed by atoms with van der Waals surface area (Å²) in [6, 6.07) is 2.59. The van der Waals surface area contributed by atoms with Crippen molar-refractivity contribution in [1.82, 2.24) is 0 Å². The van der Waals surface area contributed by atoms with E-state index in [0.29, 0.717) is 10.6 Å². The van der Waals surface area contributed by atoms with E-state index in [9.17, 15) is 18.0 Å². The predicted molar refractivity (Wildman–Crippen MR) is 129 cm³/mol. The first kappa shape index (κ1) is 25.1. The second-order valence-corrected chi connectivity index (χ2v) is 11.4. The van der Waals surface area contributed by atoms with E-state index in [-0.39, 0.29) is 27.4 Å². The average Bonchev–Trinajstić information content (AvgIpc) is 3.06. The molecule has 0 aliphatic heterocycles. The van der Waals surface area contributed by atoms with Crippen LogP contribution in [0, 0.1) is 0 Å². The normalized spacial score (nSPS) is 13.4. The van der Waals surface area contributed by atoms with E-state index in [1.165, 1.54) is 23.5 Å². The minimum atomic E-state index is -3.90. The van der Waals surface area contributed by atoms with E-state index in [0.717, 1.165) is 46.7 Å². The maximum absolute atomic E-state index is 12.9. The Balaban J connectivity index is 1.92. The number of amides is 1. The lowest BCUT2D eigenvalue weighted by Crippen LogP contribution is -2.37. The first-order valence-electron chi connectivity index (χ1n) is 9.76. The fraction of sp³-hybridized carbons (Fsp3) is 0.400. The van der Waals surface area contributed by atoms with Gasteiger partial charge in [-0.15, -0.1) is 11.3 Å². The minimum absolute atomic E-state index is 0.0230. The van der Waals surface area contributed by atoms with Gasteiger partial charge in [0.15, 0.2) is 0 Å². The lowest BCUT2D eigenvalue weighted by Gasteiger charge is -2.23. The second-order valence-electron chi connectivity index (χ2n) is 7.17.